The van der Waals surface area contributed by atoms with Gasteiger partial charge in [0.15, 0.2) is 0 Å². The largest absolute Gasteiger partial charge is 0.478 e. The molecule has 1 aliphatic carbocycles. The van der Waals surface area contributed by atoms with Crippen molar-refractivity contribution in [3.8, 4) is 0 Å². The number of hydrogen-bond acceptors (Lipinski definition) is 3. The van der Waals surface area contributed by atoms with Gasteiger partial charge in [0.25, 0.3) is 0 Å². The first kappa shape index (κ1) is 17.4. The van der Waals surface area contributed by atoms with Gasteiger partial charge in [0.2, 0.25) is 0 Å². The van der Waals surface area contributed by atoms with Gasteiger partial charge in [0.1, 0.15) is 0 Å². The second-order valence-corrected chi connectivity index (χ2v) is 7.11. The lowest BCUT2D eigenvalue weighted by molar-refractivity contribution is 0.0696. The average molecular weight is 358 g/mol. The van der Waals surface area contributed by atoms with Crippen LogP contribution in [0.2, 0.25) is 0 Å². The summed E-state index contributed by atoms with van der Waals surface area (Å²) in [6, 6.07) is 15.9. The molecule has 1 unspecified atom stereocenters. The van der Waals surface area contributed by atoms with Crippen LogP contribution in [0.1, 0.15) is 57.2 Å². The van der Waals surface area contributed by atoms with E-state index in [0.29, 0.717) is 11.5 Å². The monoisotopic (exact) mass is 358 g/mol. The predicted octanol–water partition coefficient (Wildman–Crippen LogP) is 4.43. The third-order valence-corrected chi connectivity index (χ3v) is 5.37. The Kier molecular flexibility index (Phi) is 4.97. The number of pyridine rings is 2. The zero-order valence-corrected chi connectivity index (χ0v) is 15.1. The van der Waals surface area contributed by atoms with Crippen molar-refractivity contribution in [3.63, 3.8) is 0 Å². The Morgan fingerprint density at radius 3 is 2.70 bits per heavy atom. The molecular weight excluding hydrogens is 336 g/mol. The molecule has 0 spiro atoms. The number of aryl methyl sites for hydroxylation is 1. The van der Waals surface area contributed by atoms with Crippen LogP contribution >= 0.6 is 0 Å². The van der Waals surface area contributed by atoms with Gasteiger partial charge >= 0.3 is 5.97 Å². The minimum atomic E-state index is -0.905. The minimum Gasteiger partial charge on any atom is -0.478 e. The molecule has 1 atom stereocenters. The summed E-state index contributed by atoms with van der Waals surface area (Å²) in [4.78, 5) is 20.1. The van der Waals surface area contributed by atoms with Crippen molar-refractivity contribution in [1.29, 1.82) is 0 Å². The van der Waals surface area contributed by atoms with Crippen molar-refractivity contribution >= 4 is 5.97 Å². The van der Waals surface area contributed by atoms with Gasteiger partial charge in [0.05, 0.1) is 5.56 Å². The molecule has 2 heterocycles. The van der Waals surface area contributed by atoms with Gasteiger partial charge in [-0.3, -0.25) is 9.97 Å². The number of carbonyl (C=O) groups is 1. The van der Waals surface area contributed by atoms with Crippen molar-refractivity contribution < 1.29 is 9.90 Å². The fourth-order valence-electron chi connectivity index (χ4n) is 3.98. The summed E-state index contributed by atoms with van der Waals surface area (Å²) in [6.07, 6.45) is 8.35. The molecule has 0 saturated carbocycles. The molecule has 0 radical (unpaired) electrons. The van der Waals surface area contributed by atoms with Crippen LogP contribution in [-0.2, 0) is 19.3 Å². The Labute approximate surface area is 158 Å². The summed E-state index contributed by atoms with van der Waals surface area (Å²) < 4.78 is 0. The molecular formula is C23H22N2O2. The second-order valence-electron chi connectivity index (χ2n) is 7.11. The predicted molar refractivity (Wildman–Crippen MR) is 104 cm³/mol. The molecule has 0 fully saturated rings. The molecule has 0 saturated heterocycles. The van der Waals surface area contributed by atoms with E-state index in [9.17, 15) is 4.79 Å². The van der Waals surface area contributed by atoms with Gasteiger partial charge in [0, 0.05) is 29.7 Å². The zero-order valence-electron chi connectivity index (χ0n) is 15.1. The number of nitrogens with zero attached hydrogens (tertiary/aromatic N) is 2. The number of aromatic nitrogens is 2. The highest BCUT2D eigenvalue weighted by Crippen LogP contribution is 2.37. The molecule has 3 aromatic rings. The van der Waals surface area contributed by atoms with Crippen molar-refractivity contribution in [3.05, 3.63) is 94.6 Å². The standard InChI is InChI=1S/C23H22N2O2/c26-23(27)19-11-12-24-20(15-19)8-6-17-7-9-21-18(10-13-25-22(17)21)14-16-4-2-1-3-5-16/h1-5,10-13,15,17H,6-9,14H2,(H,26,27). The molecule has 2 aromatic heterocycles. The van der Waals surface area contributed by atoms with Crippen LogP contribution in [0.3, 0.4) is 0 Å². The zero-order chi connectivity index (χ0) is 18.6. The van der Waals surface area contributed by atoms with Crippen LogP contribution in [0.15, 0.2) is 60.9 Å². The van der Waals surface area contributed by atoms with Crippen LogP contribution in [0.25, 0.3) is 0 Å². The molecule has 27 heavy (non-hydrogen) atoms. The SMILES string of the molecule is O=C(O)c1ccnc(CCC2CCc3c(Cc4ccccc4)ccnc32)c1. The number of carboxylic acids is 1. The van der Waals surface area contributed by atoms with Crippen molar-refractivity contribution in [2.24, 2.45) is 0 Å². The van der Waals surface area contributed by atoms with Gasteiger partial charge in [-0.1, -0.05) is 30.3 Å². The Bertz CT molecular complexity index is 954. The Balaban J connectivity index is 1.48. The van der Waals surface area contributed by atoms with E-state index < -0.39 is 5.97 Å². The van der Waals surface area contributed by atoms with E-state index in [1.165, 1.54) is 28.5 Å². The first-order valence-electron chi connectivity index (χ1n) is 9.39. The van der Waals surface area contributed by atoms with Crippen LogP contribution in [0.4, 0.5) is 0 Å². The number of fused-ring (bicyclic) bond motifs is 1. The highest BCUT2D eigenvalue weighted by molar-refractivity contribution is 5.87. The molecule has 4 rings (SSSR count). The first-order valence-corrected chi connectivity index (χ1v) is 9.39. The van der Waals surface area contributed by atoms with E-state index in [1.54, 1.807) is 12.3 Å². The smallest absolute Gasteiger partial charge is 0.335 e. The lowest BCUT2D eigenvalue weighted by atomic mass is 9.96. The average Bonchev–Trinajstić information content (AvgIpc) is 3.12. The fraction of sp³-hybridized carbons (Fsp3) is 0.261. The van der Waals surface area contributed by atoms with E-state index >= 15 is 0 Å². The topological polar surface area (TPSA) is 63.1 Å². The highest BCUT2D eigenvalue weighted by Gasteiger charge is 2.26. The Morgan fingerprint density at radius 1 is 1.07 bits per heavy atom. The van der Waals surface area contributed by atoms with E-state index in [-0.39, 0.29) is 0 Å². The molecule has 0 bridgehead atoms. The van der Waals surface area contributed by atoms with Crippen molar-refractivity contribution in [2.45, 2.75) is 38.0 Å². The van der Waals surface area contributed by atoms with Crippen molar-refractivity contribution in [1.82, 2.24) is 9.97 Å². The van der Waals surface area contributed by atoms with Crippen LogP contribution in [0, 0.1) is 0 Å². The number of carboxylic acid groups (broad SMARTS) is 1. The number of benzene rings is 1. The summed E-state index contributed by atoms with van der Waals surface area (Å²) in [6.45, 7) is 0. The number of rotatable bonds is 6. The summed E-state index contributed by atoms with van der Waals surface area (Å²) in [5.41, 5.74) is 6.46. The van der Waals surface area contributed by atoms with E-state index in [4.69, 9.17) is 5.11 Å². The van der Waals surface area contributed by atoms with Crippen LogP contribution < -0.4 is 0 Å². The molecule has 0 aliphatic heterocycles. The summed E-state index contributed by atoms with van der Waals surface area (Å²) in [7, 11) is 0. The number of aromatic carboxylic acids is 1. The Hall–Kier alpha value is -3.01. The molecule has 1 N–H and O–H groups in total. The third kappa shape index (κ3) is 3.90. The normalized spacial score (nSPS) is 15.5. The van der Waals surface area contributed by atoms with Crippen molar-refractivity contribution in [2.75, 3.05) is 0 Å². The first-order chi connectivity index (χ1) is 13.2. The highest BCUT2D eigenvalue weighted by atomic mass is 16.4. The Morgan fingerprint density at radius 2 is 1.89 bits per heavy atom. The lowest BCUT2D eigenvalue weighted by Crippen LogP contribution is -2.03. The van der Waals surface area contributed by atoms with E-state index in [0.717, 1.165) is 37.8 Å². The molecule has 1 aromatic carbocycles. The maximum absolute atomic E-state index is 11.1. The van der Waals surface area contributed by atoms with Gasteiger partial charge in [-0.2, -0.15) is 0 Å². The van der Waals surface area contributed by atoms with Crippen LogP contribution in [-0.4, -0.2) is 21.0 Å². The van der Waals surface area contributed by atoms with Crippen LogP contribution in [0.5, 0.6) is 0 Å². The summed E-state index contributed by atoms with van der Waals surface area (Å²) >= 11 is 0. The summed E-state index contributed by atoms with van der Waals surface area (Å²) in [5, 5.41) is 9.13. The fourth-order valence-corrected chi connectivity index (χ4v) is 3.98. The third-order valence-electron chi connectivity index (χ3n) is 5.37. The quantitative estimate of drug-likeness (QED) is 0.708. The molecule has 136 valence electrons. The molecule has 4 nitrogen and oxygen atoms in total. The van der Waals surface area contributed by atoms with E-state index in [1.807, 2.05) is 12.3 Å². The molecule has 4 heteroatoms. The van der Waals surface area contributed by atoms with Gasteiger partial charge in [-0.25, -0.2) is 4.79 Å². The molecule has 0 amide bonds. The number of hydrogen-bond donors (Lipinski definition) is 1. The molecule has 1 aliphatic rings. The van der Waals surface area contributed by atoms with Gasteiger partial charge in [-0.05, 0) is 67.0 Å². The van der Waals surface area contributed by atoms with Gasteiger partial charge in [-0.15, -0.1) is 0 Å². The lowest BCUT2D eigenvalue weighted by Gasteiger charge is -2.12. The van der Waals surface area contributed by atoms with E-state index in [2.05, 4.69) is 40.3 Å². The van der Waals surface area contributed by atoms with Gasteiger partial charge < -0.3 is 5.11 Å². The maximum atomic E-state index is 11.1. The summed E-state index contributed by atoms with van der Waals surface area (Å²) in [5.74, 6) is -0.483. The second kappa shape index (κ2) is 7.70. The maximum Gasteiger partial charge on any atom is 0.335 e. The minimum absolute atomic E-state index is 0.301.